The van der Waals surface area contributed by atoms with E-state index in [0.717, 1.165) is 28.1 Å². The van der Waals surface area contributed by atoms with Crippen LogP contribution in [0, 0.1) is 0 Å². The number of carboxylic acid groups (broad SMARTS) is 1. The van der Waals surface area contributed by atoms with E-state index < -0.39 is 18.2 Å². The number of carbonyl (C=O) groups is 1. The van der Waals surface area contributed by atoms with Crippen LogP contribution in [0.4, 0.5) is 5.69 Å². The van der Waals surface area contributed by atoms with E-state index in [1.165, 1.54) is 0 Å². The van der Waals surface area contributed by atoms with Crippen molar-refractivity contribution in [2.24, 2.45) is 0 Å². The average Bonchev–Trinajstić information content (AvgIpc) is 2.77. The summed E-state index contributed by atoms with van der Waals surface area (Å²) in [5.74, 6) is -0.0562. The maximum atomic E-state index is 11.4. The predicted molar refractivity (Wildman–Crippen MR) is 114 cm³/mol. The molecule has 2 N–H and O–H groups in total. The van der Waals surface area contributed by atoms with Crippen molar-refractivity contribution in [1.29, 1.82) is 0 Å². The van der Waals surface area contributed by atoms with E-state index in [-0.39, 0.29) is 12.3 Å². The number of methoxy groups -OCH3 is 1. The largest absolute Gasteiger partial charge is 0.496 e. The van der Waals surface area contributed by atoms with Crippen LogP contribution in [-0.2, 0) is 9.53 Å². The lowest BCUT2D eigenvalue weighted by Gasteiger charge is -2.26. The van der Waals surface area contributed by atoms with Gasteiger partial charge in [-0.3, -0.25) is 4.79 Å². The highest BCUT2D eigenvalue weighted by Gasteiger charge is 2.33. The Kier molecular flexibility index (Phi) is 6.23. The van der Waals surface area contributed by atoms with Crippen LogP contribution in [0.15, 0.2) is 36.4 Å². The zero-order valence-electron chi connectivity index (χ0n) is 15.9. The van der Waals surface area contributed by atoms with Crippen LogP contribution in [0.3, 0.4) is 0 Å². The minimum absolute atomic E-state index is 0.165. The third kappa shape index (κ3) is 4.14. The Morgan fingerprint density at radius 1 is 1.32 bits per heavy atom. The summed E-state index contributed by atoms with van der Waals surface area (Å²) in [4.78, 5) is 11.7. The zero-order chi connectivity index (χ0) is 20.4. The molecule has 2 aromatic carbocycles. The fraction of sp³-hybridized carbons (Fsp3) is 0.333. The van der Waals surface area contributed by atoms with Gasteiger partial charge in [0, 0.05) is 21.8 Å². The lowest BCUT2D eigenvalue weighted by molar-refractivity contribution is -0.139. The van der Waals surface area contributed by atoms with Crippen LogP contribution in [0.1, 0.15) is 49.0 Å². The second-order valence-corrected chi connectivity index (χ2v) is 7.82. The lowest BCUT2D eigenvalue weighted by Crippen LogP contribution is -2.30. The first-order valence-electron chi connectivity index (χ1n) is 8.96. The Bertz CT molecular complexity index is 915. The molecule has 0 amide bonds. The van der Waals surface area contributed by atoms with Crippen LogP contribution in [0.25, 0.3) is 0 Å². The summed E-state index contributed by atoms with van der Waals surface area (Å²) >= 11 is 11.7. The molecule has 2 aromatic rings. The normalized spacial score (nSPS) is 19.0. The highest BCUT2D eigenvalue weighted by molar-refractivity contribution is 7.80. The number of fused-ring (bicyclic) bond motifs is 1. The maximum Gasteiger partial charge on any atom is 0.306 e. The Balaban J connectivity index is 2.21. The highest BCUT2D eigenvalue weighted by atomic mass is 35.5. The minimum Gasteiger partial charge on any atom is -0.496 e. The Morgan fingerprint density at radius 2 is 2.07 bits per heavy atom. The van der Waals surface area contributed by atoms with E-state index in [4.69, 9.17) is 33.3 Å². The average molecular weight is 420 g/mol. The van der Waals surface area contributed by atoms with Crippen LogP contribution in [0.2, 0.25) is 5.02 Å². The van der Waals surface area contributed by atoms with Gasteiger partial charge in [0.05, 0.1) is 13.5 Å². The van der Waals surface area contributed by atoms with Crippen molar-refractivity contribution in [3.8, 4) is 5.75 Å². The molecular weight excluding hydrogens is 398 g/mol. The molecular formula is C21H22ClNO4S. The molecule has 28 heavy (non-hydrogen) atoms. The van der Waals surface area contributed by atoms with Crippen molar-refractivity contribution in [2.45, 2.75) is 38.4 Å². The summed E-state index contributed by atoms with van der Waals surface area (Å²) in [7, 11) is 1.63. The van der Waals surface area contributed by atoms with Crippen molar-refractivity contribution < 1.29 is 19.4 Å². The molecule has 0 unspecified atom stereocenters. The Labute approximate surface area is 174 Å². The molecule has 0 bridgehead atoms. The molecule has 0 aromatic heterocycles. The van der Waals surface area contributed by atoms with Crippen molar-refractivity contribution in [3.63, 3.8) is 0 Å². The summed E-state index contributed by atoms with van der Waals surface area (Å²) in [6, 6.07) is 11.2. The SMILES string of the molecule is COc1cccc([C@H]2O[C@H](CC(=O)O)C(=S)Nc3ccc(Cl)cc32)c1C(C)C. The molecule has 148 valence electrons. The molecule has 0 saturated carbocycles. The topological polar surface area (TPSA) is 67.8 Å². The van der Waals surface area contributed by atoms with Gasteiger partial charge in [0.1, 0.15) is 22.9 Å². The fourth-order valence-electron chi connectivity index (χ4n) is 3.50. The molecule has 0 fully saturated rings. The van der Waals surface area contributed by atoms with Gasteiger partial charge < -0.3 is 19.9 Å². The van der Waals surface area contributed by atoms with Gasteiger partial charge in [-0.2, -0.15) is 0 Å². The quantitative estimate of drug-likeness (QED) is 0.651. The maximum absolute atomic E-state index is 11.4. The highest BCUT2D eigenvalue weighted by Crippen LogP contribution is 2.42. The van der Waals surface area contributed by atoms with Gasteiger partial charge in [0.25, 0.3) is 0 Å². The van der Waals surface area contributed by atoms with E-state index >= 15 is 0 Å². The third-order valence-corrected chi connectivity index (χ3v) is 5.29. The molecule has 5 nitrogen and oxygen atoms in total. The first kappa shape index (κ1) is 20.6. The summed E-state index contributed by atoms with van der Waals surface area (Å²) in [5.41, 5.74) is 3.46. The number of ether oxygens (including phenoxy) is 2. The number of aliphatic carboxylic acids is 1. The standard InChI is InChI=1S/C21H22ClNO4S/c1-11(2)19-13(5-4-6-16(19)26-3)20-14-9-12(22)7-8-15(14)23-21(28)17(27-20)10-18(24)25/h4-9,11,17,20H,10H2,1-3H3,(H,23,28)(H,24,25)/t17-,20-/m1/s1. The van der Waals surface area contributed by atoms with Gasteiger partial charge in [-0.1, -0.05) is 49.8 Å². The molecule has 1 aliphatic heterocycles. The predicted octanol–water partition coefficient (Wildman–Crippen LogP) is 5.17. The molecule has 0 aliphatic carbocycles. The molecule has 7 heteroatoms. The van der Waals surface area contributed by atoms with Crippen molar-refractivity contribution in [3.05, 3.63) is 58.1 Å². The van der Waals surface area contributed by atoms with Gasteiger partial charge in [-0.05, 0) is 35.7 Å². The first-order valence-corrected chi connectivity index (χ1v) is 9.74. The molecule has 1 aliphatic rings. The molecule has 0 saturated heterocycles. The van der Waals surface area contributed by atoms with Crippen LogP contribution in [-0.4, -0.2) is 29.3 Å². The molecule has 2 atom stereocenters. The van der Waals surface area contributed by atoms with Crippen LogP contribution >= 0.6 is 23.8 Å². The van der Waals surface area contributed by atoms with Gasteiger partial charge in [-0.25, -0.2) is 0 Å². The van der Waals surface area contributed by atoms with E-state index in [1.54, 1.807) is 13.2 Å². The third-order valence-electron chi connectivity index (χ3n) is 4.69. The number of anilines is 1. The van der Waals surface area contributed by atoms with E-state index in [9.17, 15) is 9.90 Å². The zero-order valence-corrected chi connectivity index (χ0v) is 17.4. The van der Waals surface area contributed by atoms with Crippen LogP contribution < -0.4 is 10.1 Å². The number of thiocarbonyl (C=S) groups is 1. The molecule has 0 spiro atoms. The minimum atomic E-state index is -0.980. The number of hydrogen-bond acceptors (Lipinski definition) is 4. The van der Waals surface area contributed by atoms with Gasteiger partial charge in [-0.15, -0.1) is 0 Å². The number of halogens is 1. The number of rotatable bonds is 5. The summed E-state index contributed by atoms with van der Waals surface area (Å²) in [5, 5.41) is 13.0. The monoisotopic (exact) mass is 419 g/mol. The smallest absolute Gasteiger partial charge is 0.306 e. The Hall–Kier alpha value is -2.15. The van der Waals surface area contributed by atoms with Crippen molar-refractivity contribution in [2.75, 3.05) is 12.4 Å². The first-order chi connectivity index (χ1) is 13.3. The van der Waals surface area contributed by atoms with Crippen molar-refractivity contribution >= 4 is 40.5 Å². The number of carboxylic acids is 1. The number of benzene rings is 2. The van der Waals surface area contributed by atoms with Gasteiger partial charge in [0.2, 0.25) is 0 Å². The van der Waals surface area contributed by atoms with E-state index in [2.05, 4.69) is 19.2 Å². The van der Waals surface area contributed by atoms with Crippen molar-refractivity contribution in [1.82, 2.24) is 0 Å². The van der Waals surface area contributed by atoms with Gasteiger partial charge >= 0.3 is 5.97 Å². The molecule has 0 radical (unpaired) electrons. The summed E-state index contributed by atoms with van der Waals surface area (Å²) in [6.45, 7) is 4.16. The van der Waals surface area contributed by atoms with E-state index in [1.807, 2.05) is 30.3 Å². The van der Waals surface area contributed by atoms with E-state index in [0.29, 0.717) is 10.0 Å². The molecule has 3 rings (SSSR count). The summed E-state index contributed by atoms with van der Waals surface area (Å²) in [6.07, 6.45) is -1.54. The lowest BCUT2D eigenvalue weighted by atomic mass is 9.89. The second-order valence-electron chi connectivity index (χ2n) is 6.94. The fourth-order valence-corrected chi connectivity index (χ4v) is 3.93. The number of nitrogens with one attached hydrogen (secondary N) is 1. The van der Waals surface area contributed by atoms with Gasteiger partial charge in [0.15, 0.2) is 0 Å². The van der Waals surface area contributed by atoms with Crippen LogP contribution in [0.5, 0.6) is 5.75 Å². The summed E-state index contributed by atoms with van der Waals surface area (Å²) < 4.78 is 11.9. The molecule has 1 heterocycles. The Morgan fingerprint density at radius 3 is 2.71 bits per heavy atom. The number of hydrogen-bond donors (Lipinski definition) is 2. The second kappa shape index (κ2) is 8.47.